The maximum Gasteiger partial charge on any atom is 0.138 e. The van der Waals surface area contributed by atoms with Crippen LogP contribution in [0.25, 0.3) is 0 Å². The van der Waals surface area contributed by atoms with Crippen molar-refractivity contribution in [1.29, 1.82) is 0 Å². The molecule has 0 aliphatic heterocycles. The Balaban J connectivity index is 2.30. The molecule has 1 fully saturated rings. The van der Waals surface area contributed by atoms with Gasteiger partial charge in [-0.1, -0.05) is 75.6 Å². The highest BCUT2D eigenvalue weighted by atomic mass is 16.5. The smallest absolute Gasteiger partial charge is 0.138 e. The summed E-state index contributed by atoms with van der Waals surface area (Å²) >= 11 is 0. The number of ketones is 2. The van der Waals surface area contributed by atoms with Crippen molar-refractivity contribution >= 4 is 11.6 Å². The monoisotopic (exact) mass is 514 g/mol. The van der Waals surface area contributed by atoms with Crippen LogP contribution in [-0.4, -0.2) is 36.0 Å². The highest BCUT2D eigenvalue weighted by Crippen LogP contribution is 2.32. The van der Waals surface area contributed by atoms with Crippen LogP contribution in [0.15, 0.2) is 47.6 Å². The molecule has 0 spiro atoms. The first-order valence-electron chi connectivity index (χ1n) is 14.6. The van der Waals surface area contributed by atoms with Crippen LogP contribution in [0.3, 0.4) is 0 Å². The number of hydrogen-bond acceptors (Lipinski definition) is 4. The van der Waals surface area contributed by atoms with Gasteiger partial charge in [0.05, 0.1) is 12.2 Å². The summed E-state index contributed by atoms with van der Waals surface area (Å²) in [6.07, 6.45) is 22.3. The Labute approximate surface area is 227 Å². The maximum atomic E-state index is 12.5. The summed E-state index contributed by atoms with van der Waals surface area (Å²) in [5.41, 5.74) is 2.06. The lowest BCUT2D eigenvalue weighted by atomic mass is 9.80. The largest absolute Gasteiger partial charge is 0.388 e. The summed E-state index contributed by atoms with van der Waals surface area (Å²) in [5, 5.41) is 10.5. The first-order chi connectivity index (χ1) is 17.7. The normalized spacial score (nSPS) is 21.9. The van der Waals surface area contributed by atoms with Crippen LogP contribution in [-0.2, 0) is 14.3 Å². The molecular weight excluding hydrogens is 460 g/mol. The van der Waals surface area contributed by atoms with Gasteiger partial charge in [0, 0.05) is 32.3 Å². The summed E-state index contributed by atoms with van der Waals surface area (Å²) in [5.74, 6) is 1.44. The lowest BCUT2D eigenvalue weighted by Gasteiger charge is -2.29. The minimum absolute atomic E-state index is 0.0734. The average Bonchev–Trinajstić information content (AvgIpc) is 2.89. The molecule has 0 saturated heterocycles. The van der Waals surface area contributed by atoms with Crippen LogP contribution in [0.1, 0.15) is 112 Å². The third kappa shape index (κ3) is 15.3. The molecule has 37 heavy (non-hydrogen) atoms. The fourth-order valence-electron chi connectivity index (χ4n) is 4.91. The zero-order valence-corrected chi connectivity index (χ0v) is 24.5. The van der Waals surface area contributed by atoms with E-state index in [9.17, 15) is 14.7 Å². The van der Waals surface area contributed by atoms with Gasteiger partial charge in [-0.05, 0) is 76.2 Å². The quantitative estimate of drug-likeness (QED) is 0.148. The van der Waals surface area contributed by atoms with Crippen LogP contribution in [0.4, 0.5) is 0 Å². The van der Waals surface area contributed by atoms with E-state index in [1.54, 1.807) is 0 Å². The Morgan fingerprint density at radius 2 is 1.84 bits per heavy atom. The van der Waals surface area contributed by atoms with Gasteiger partial charge in [0.2, 0.25) is 0 Å². The molecule has 0 heterocycles. The summed E-state index contributed by atoms with van der Waals surface area (Å²) < 4.78 is 5.55. The van der Waals surface area contributed by atoms with Gasteiger partial charge in [-0.2, -0.15) is 0 Å². The first-order valence-corrected chi connectivity index (χ1v) is 14.6. The van der Waals surface area contributed by atoms with E-state index in [0.717, 1.165) is 37.7 Å². The Morgan fingerprint density at radius 1 is 1.08 bits per heavy atom. The van der Waals surface area contributed by atoms with Crippen molar-refractivity contribution in [3.8, 4) is 0 Å². The molecule has 0 radical (unpaired) electrons. The van der Waals surface area contributed by atoms with E-state index in [1.807, 2.05) is 45.3 Å². The molecule has 5 atom stereocenters. The molecule has 4 nitrogen and oxygen atoms in total. The SMILES string of the molecule is CC/C(C)=C/C=C/C=C/CC[C@@H](C)C(=O)C[C@H](O)/C(C)=C/CC(=O)CC[C@H](C)C[C@@H]1CCC[C@H](OC)C1. The van der Waals surface area contributed by atoms with Gasteiger partial charge in [-0.25, -0.2) is 0 Å². The zero-order valence-electron chi connectivity index (χ0n) is 24.5. The number of hydrogen-bond donors (Lipinski definition) is 1. The van der Waals surface area contributed by atoms with Crippen LogP contribution >= 0.6 is 0 Å². The number of Topliss-reactive ketones (excluding diaryl/α,β-unsaturated/α-hetero) is 2. The predicted molar refractivity (Wildman–Crippen MR) is 156 cm³/mol. The molecule has 0 unspecified atom stereocenters. The molecule has 1 aliphatic carbocycles. The van der Waals surface area contributed by atoms with Gasteiger partial charge in [-0.3, -0.25) is 9.59 Å². The third-order valence-corrected chi connectivity index (χ3v) is 7.90. The first kappa shape index (κ1) is 33.2. The number of carbonyl (C=O) groups excluding carboxylic acids is 2. The lowest BCUT2D eigenvalue weighted by Crippen LogP contribution is -2.23. The van der Waals surface area contributed by atoms with E-state index in [1.165, 1.54) is 31.3 Å². The molecule has 210 valence electrons. The minimum Gasteiger partial charge on any atom is -0.388 e. The second kappa shape index (κ2) is 19.3. The van der Waals surface area contributed by atoms with Gasteiger partial charge in [0.25, 0.3) is 0 Å². The molecule has 1 aliphatic rings. The number of aliphatic hydroxyl groups excluding tert-OH is 1. The highest BCUT2D eigenvalue weighted by Gasteiger charge is 2.23. The van der Waals surface area contributed by atoms with Gasteiger partial charge in [-0.15, -0.1) is 0 Å². The molecule has 0 amide bonds. The van der Waals surface area contributed by atoms with Gasteiger partial charge >= 0.3 is 0 Å². The van der Waals surface area contributed by atoms with Crippen molar-refractivity contribution < 1.29 is 19.4 Å². The summed E-state index contributed by atoms with van der Waals surface area (Å²) in [6, 6.07) is 0. The molecule has 4 heteroatoms. The van der Waals surface area contributed by atoms with Gasteiger partial charge in [0.1, 0.15) is 11.6 Å². The minimum atomic E-state index is -0.811. The number of carbonyl (C=O) groups is 2. The zero-order chi connectivity index (χ0) is 27.6. The Hall–Kier alpha value is -1.78. The van der Waals surface area contributed by atoms with Crippen LogP contribution in [0.2, 0.25) is 0 Å². The third-order valence-electron chi connectivity index (χ3n) is 7.90. The van der Waals surface area contributed by atoms with E-state index in [0.29, 0.717) is 30.8 Å². The topological polar surface area (TPSA) is 63.6 Å². The maximum absolute atomic E-state index is 12.5. The second-order valence-electron chi connectivity index (χ2n) is 11.3. The predicted octanol–water partition coefficient (Wildman–Crippen LogP) is 8.11. The highest BCUT2D eigenvalue weighted by molar-refractivity contribution is 5.82. The molecule has 1 N–H and O–H groups in total. The fraction of sp³-hybridized carbons (Fsp3) is 0.697. The number of ether oxygens (including phenoxy) is 1. The Bertz CT molecular complexity index is 788. The van der Waals surface area contributed by atoms with Crippen LogP contribution in [0.5, 0.6) is 0 Å². The Kier molecular flexibility index (Phi) is 17.4. The summed E-state index contributed by atoms with van der Waals surface area (Å²) in [4.78, 5) is 25.0. The van der Waals surface area contributed by atoms with Crippen LogP contribution < -0.4 is 0 Å². The second-order valence-corrected chi connectivity index (χ2v) is 11.3. The van der Waals surface area contributed by atoms with Crippen molar-refractivity contribution in [2.75, 3.05) is 7.11 Å². The summed E-state index contributed by atoms with van der Waals surface area (Å²) in [6.45, 7) is 10.2. The van der Waals surface area contributed by atoms with Crippen molar-refractivity contribution in [2.24, 2.45) is 17.8 Å². The number of aliphatic hydroxyl groups is 1. The molecular formula is C33H54O4. The molecule has 0 aromatic carbocycles. The number of rotatable bonds is 18. The van der Waals surface area contributed by atoms with Crippen molar-refractivity contribution in [3.63, 3.8) is 0 Å². The molecule has 0 bridgehead atoms. The number of allylic oxidation sites excluding steroid dienone is 7. The Morgan fingerprint density at radius 3 is 2.54 bits per heavy atom. The molecule has 0 aromatic heterocycles. The van der Waals surface area contributed by atoms with E-state index in [-0.39, 0.29) is 23.9 Å². The van der Waals surface area contributed by atoms with Crippen molar-refractivity contribution in [1.82, 2.24) is 0 Å². The van der Waals surface area contributed by atoms with Crippen LogP contribution in [0, 0.1) is 17.8 Å². The van der Waals surface area contributed by atoms with E-state index < -0.39 is 6.10 Å². The van der Waals surface area contributed by atoms with E-state index in [4.69, 9.17) is 4.74 Å². The fourth-order valence-corrected chi connectivity index (χ4v) is 4.91. The van der Waals surface area contributed by atoms with Crippen molar-refractivity contribution in [3.05, 3.63) is 47.6 Å². The van der Waals surface area contributed by atoms with Gasteiger partial charge in [0.15, 0.2) is 0 Å². The average molecular weight is 515 g/mol. The molecule has 0 aromatic rings. The van der Waals surface area contributed by atoms with E-state index >= 15 is 0 Å². The lowest BCUT2D eigenvalue weighted by molar-refractivity contribution is -0.124. The molecule has 1 rings (SSSR count). The van der Waals surface area contributed by atoms with E-state index in [2.05, 4.69) is 32.9 Å². The molecule has 1 saturated carbocycles. The number of methoxy groups -OCH3 is 1. The summed E-state index contributed by atoms with van der Waals surface area (Å²) in [7, 11) is 1.81. The van der Waals surface area contributed by atoms with Gasteiger partial charge < -0.3 is 9.84 Å². The van der Waals surface area contributed by atoms with Crippen molar-refractivity contribution in [2.45, 2.75) is 124 Å². The standard InChI is InChI=1S/C33H54O4/c1-7-25(2)14-11-9-8-10-12-15-27(4)32(35)24-33(36)28(5)19-21-30(34)20-18-26(3)22-29-16-13-17-31(23-29)37-6/h8-11,14,19,26-27,29,31,33,36H,7,12-13,15-18,20-24H2,1-6H3/b10-8+,11-9+,25-14+,28-19+/t26-,27+,29-,31-,33-/m0/s1.